The highest BCUT2D eigenvalue weighted by molar-refractivity contribution is 5.82. The van der Waals surface area contributed by atoms with E-state index in [1.165, 1.54) is 19.3 Å². The number of hydrogen-bond acceptors (Lipinski definition) is 3. The van der Waals surface area contributed by atoms with Crippen LogP contribution < -0.4 is 5.73 Å². The minimum Gasteiger partial charge on any atom is -0.395 e. The van der Waals surface area contributed by atoms with E-state index in [2.05, 4.69) is 13.8 Å². The van der Waals surface area contributed by atoms with Gasteiger partial charge in [-0.05, 0) is 25.2 Å². The van der Waals surface area contributed by atoms with Gasteiger partial charge in [0.2, 0.25) is 5.91 Å². The van der Waals surface area contributed by atoms with Crippen LogP contribution in [0.4, 0.5) is 0 Å². The molecule has 4 nitrogen and oxygen atoms in total. The first kappa shape index (κ1) is 15.4. The zero-order valence-electron chi connectivity index (χ0n) is 11.8. The van der Waals surface area contributed by atoms with Crippen molar-refractivity contribution >= 4 is 5.91 Å². The lowest BCUT2D eigenvalue weighted by molar-refractivity contribution is -0.136. The van der Waals surface area contributed by atoms with Crippen molar-refractivity contribution < 1.29 is 9.90 Å². The van der Waals surface area contributed by atoms with Gasteiger partial charge < -0.3 is 15.7 Å². The minimum atomic E-state index is -0.418. The van der Waals surface area contributed by atoms with Gasteiger partial charge in [-0.2, -0.15) is 0 Å². The average molecular weight is 256 g/mol. The molecule has 106 valence electrons. The molecule has 4 heteroatoms. The van der Waals surface area contributed by atoms with Crippen LogP contribution in [0.5, 0.6) is 0 Å². The van der Waals surface area contributed by atoms with Crippen LogP contribution in [0, 0.1) is 5.92 Å². The van der Waals surface area contributed by atoms with Gasteiger partial charge in [-0.25, -0.2) is 0 Å². The summed E-state index contributed by atoms with van der Waals surface area (Å²) in [5, 5.41) is 9.15. The quantitative estimate of drug-likeness (QED) is 0.757. The second-order valence-electron chi connectivity index (χ2n) is 5.78. The summed E-state index contributed by atoms with van der Waals surface area (Å²) in [6.45, 7) is 4.60. The summed E-state index contributed by atoms with van der Waals surface area (Å²) in [5.41, 5.74) is 5.98. The average Bonchev–Trinajstić information content (AvgIpc) is 2.35. The van der Waals surface area contributed by atoms with Gasteiger partial charge in [0.05, 0.1) is 12.6 Å². The predicted octanol–water partition coefficient (Wildman–Crippen LogP) is 1.51. The number of amides is 1. The van der Waals surface area contributed by atoms with Crippen molar-refractivity contribution in [2.24, 2.45) is 11.7 Å². The van der Waals surface area contributed by atoms with E-state index in [9.17, 15) is 4.79 Å². The van der Waals surface area contributed by atoms with Crippen LogP contribution in [0.1, 0.15) is 52.4 Å². The topological polar surface area (TPSA) is 66.6 Å². The number of hydrogen-bond donors (Lipinski definition) is 2. The fourth-order valence-electron chi connectivity index (χ4n) is 2.79. The van der Waals surface area contributed by atoms with Gasteiger partial charge in [0.15, 0.2) is 0 Å². The maximum absolute atomic E-state index is 12.4. The Morgan fingerprint density at radius 2 is 1.94 bits per heavy atom. The van der Waals surface area contributed by atoms with Crippen LogP contribution >= 0.6 is 0 Å². The Hall–Kier alpha value is -0.610. The lowest BCUT2D eigenvalue weighted by Crippen LogP contribution is -2.50. The van der Waals surface area contributed by atoms with E-state index in [4.69, 9.17) is 10.8 Å². The molecule has 0 radical (unpaired) electrons. The summed E-state index contributed by atoms with van der Waals surface area (Å²) in [6.07, 6.45) is 6.45. The van der Waals surface area contributed by atoms with Crippen molar-refractivity contribution in [3.63, 3.8) is 0 Å². The van der Waals surface area contributed by atoms with E-state index < -0.39 is 6.04 Å². The van der Waals surface area contributed by atoms with Crippen LogP contribution in [-0.2, 0) is 4.79 Å². The van der Waals surface area contributed by atoms with Crippen molar-refractivity contribution in [1.82, 2.24) is 4.90 Å². The molecular weight excluding hydrogens is 228 g/mol. The minimum absolute atomic E-state index is 0.0182. The Kier molecular flexibility index (Phi) is 6.65. The van der Waals surface area contributed by atoms with Gasteiger partial charge >= 0.3 is 0 Å². The van der Waals surface area contributed by atoms with E-state index in [-0.39, 0.29) is 18.6 Å². The second-order valence-corrected chi connectivity index (χ2v) is 5.78. The van der Waals surface area contributed by atoms with E-state index in [0.29, 0.717) is 18.9 Å². The molecule has 0 aromatic carbocycles. The summed E-state index contributed by atoms with van der Waals surface area (Å²) < 4.78 is 0. The highest BCUT2D eigenvalue weighted by Crippen LogP contribution is 2.23. The predicted molar refractivity (Wildman–Crippen MR) is 73.1 cm³/mol. The van der Waals surface area contributed by atoms with Gasteiger partial charge in [0, 0.05) is 12.6 Å². The number of nitrogens with two attached hydrogens (primary N) is 1. The molecule has 0 spiro atoms. The lowest BCUT2D eigenvalue weighted by Gasteiger charge is -2.35. The molecule has 3 N–H and O–H groups in total. The number of carbonyl (C=O) groups excluding carboxylic acids is 1. The number of nitrogens with zero attached hydrogens (tertiary/aromatic N) is 1. The monoisotopic (exact) mass is 256 g/mol. The molecule has 0 aliphatic heterocycles. The number of aliphatic hydroxyl groups is 1. The molecule has 18 heavy (non-hydrogen) atoms. The molecule has 1 saturated carbocycles. The number of rotatable bonds is 6. The fourth-order valence-corrected chi connectivity index (χ4v) is 2.79. The Morgan fingerprint density at radius 3 is 2.44 bits per heavy atom. The Bertz CT molecular complexity index is 250. The third kappa shape index (κ3) is 4.58. The van der Waals surface area contributed by atoms with Crippen molar-refractivity contribution in [2.45, 2.75) is 64.5 Å². The largest absolute Gasteiger partial charge is 0.395 e. The molecule has 1 amide bonds. The summed E-state index contributed by atoms with van der Waals surface area (Å²) in [5.74, 6) is 0.441. The summed E-state index contributed by atoms with van der Waals surface area (Å²) in [4.78, 5) is 14.2. The molecule has 1 rings (SSSR count). The first-order chi connectivity index (χ1) is 8.56. The highest BCUT2D eigenvalue weighted by Gasteiger charge is 2.28. The molecule has 1 atom stereocenters. The molecule has 0 aromatic heterocycles. The van der Waals surface area contributed by atoms with Crippen molar-refractivity contribution in [1.29, 1.82) is 0 Å². The molecule has 1 aliphatic carbocycles. The second kappa shape index (κ2) is 7.74. The first-order valence-corrected chi connectivity index (χ1v) is 7.23. The van der Waals surface area contributed by atoms with Gasteiger partial charge in [0.25, 0.3) is 0 Å². The number of aliphatic hydroxyl groups excluding tert-OH is 1. The first-order valence-electron chi connectivity index (χ1n) is 7.23. The summed E-state index contributed by atoms with van der Waals surface area (Å²) in [7, 11) is 0. The van der Waals surface area contributed by atoms with Gasteiger partial charge in [-0.15, -0.1) is 0 Å². The fraction of sp³-hybridized carbons (Fsp3) is 0.929. The Balaban J connectivity index is 2.61. The Labute approximate surface area is 111 Å². The van der Waals surface area contributed by atoms with E-state index in [0.717, 1.165) is 12.8 Å². The zero-order chi connectivity index (χ0) is 13.5. The molecule has 0 bridgehead atoms. The van der Waals surface area contributed by atoms with Crippen LogP contribution in [0.25, 0.3) is 0 Å². The van der Waals surface area contributed by atoms with Crippen molar-refractivity contribution in [2.75, 3.05) is 13.2 Å². The molecule has 1 fully saturated rings. The van der Waals surface area contributed by atoms with Crippen LogP contribution in [0.3, 0.4) is 0 Å². The van der Waals surface area contributed by atoms with Crippen LogP contribution in [0.2, 0.25) is 0 Å². The molecule has 0 saturated heterocycles. The smallest absolute Gasteiger partial charge is 0.239 e. The molecule has 0 unspecified atom stereocenters. The van der Waals surface area contributed by atoms with Crippen molar-refractivity contribution in [3.8, 4) is 0 Å². The SMILES string of the molecule is CC(C)C[C@@H](N)C(=O)N(CCO)C1CCCCC1. The standard InChI is InChI=1S/C14H28N2O2/c1-11(2)10-13(15)14(18)16(8-9-17)12-6-4-3-5-7-12/h11-13,17H,3-10,15H2,1-2H3/t13-/m1/s1. The van der Waals surface area contributed by atoms with Crippen LogP contribution in [0.15, 0.2) is 0 Å². The molecule has 1 aliphatic rings. The molecule has 0 heterocycles. The molecule has 0 aromatic rings. The maximum Gasteiger partial charge on any atom is 0.239 e. The summed E-state index contributed by atoms with van der Waals surface area (Å²) in [6, 6.07) is -0.130. The lowest BCUT2D eigenvalue weighted by atomic mass is 9.93. The number of carbonyl (C=O) groups is 1. The van der Waals surface area contributed by atoms with Crippen molar-refractivity contribution in [3.05, 3.63) is 0 Å². The van der Waals surface area contributed by atoms with Gasteiger partial charge in [-0.1, -0.05) is 33.1 Å². The third-order valence-corrected chi connectivity index (χ3v) is 3.68. The van der Waals surface area contributed by atoms with E-state index >= 15 is 0 Å². The van der Waals surface area contributed by atoms with Gasteiger partial charge in [-0.3, -0.25) is 4.79 Å². The van der Waals surface area contributed by atoms with E-state index in [1.54, 1.807) is 0 Å². The third-order valence-electron chi connectivity index (χ3n) is 3.68. The Morgan fingerprint density at radius 1 is 1.33 bits per heavy atom. The maximum atomic E-state index is 12.4. The van der Waals surface area contributed by atoms with Gasteiger partial charge in [0.1, 0.15) is 0 Å². The summed E-state index contributed by atoms with van der Waals surface area (Å²) >= 11 is 0. The zero-order valence-corrected chi connectivity index (χ0v) is 11.8. The molecular formula is C14H28N2O2. The normalized spacial score (nSPS) is 18.9. The highest BCUT2D eigenvalue weighted by atomic mass is 16.3. The van der Waals surface area contributed by atoms with E-state index in [1.807, 2.05) is 4.90 Å². The van der Waals surface area contributed by atoms with Crippen LogP contribution in [-0.4, -0.2) is 41.1 Å².